The zero-order chi connectivity index (χ0) is 8.91. The third-order valence-electron chi connectivity index (χ3n) is 1.52. The summed E-state index contributed by atoms with van der Waals surface area (Å²) in [5, 5.41) is 0.466. The average Bonchev–Trinajstić information content (AvgIpc) is 1.86. The summed E-state index contributed by atoms with van der Waals surface area (Å²) < 4.78 is 0. The molecule has 0 saturated carbocycles. The second-order valence-electron chi connectivity index (χ2n) is 3.51. The van der Waals surface area contributed by atoms with Gasteiger partial charge >= 0.3 is 0 Å². The Morgan fingerprint density at radius 1 is 1.64 bits per heavy atom. The minimum Gasteiger partial charge on any atom is -0.299 e. The summed E-state index contributed by atoms with van der Waals surface area (Å²) in [6.07, 6.45) is 3.39. The van der Waals surface area contributed by atoms with Gasteiger partial charge < -0.3 is 0 Å². The Morgan fingerprint density at radius 3 is 2.55 bits per heavy atom. The largest absolute Gasteiger partial charge is 0.299 e. The quantitative estimate of drug-likeness (QED) is 0.513. The first-order valence-electron chi connectivity index (χ1n) is 3.70. The maximum absolute atomic E-state index is 11.0. The molecule has 0 aliphatic rings. The van der Waals surface area contributed by atoms with E-state index in [-0.39, 0.29) is 11.2 Å². The van der Waals surface area contributed by atoms with Crippen LogP contribution in [0.4, 0.5) is 0 Å². The Morgan fingerprint density at radius 2 is 2.18 bits per heavy atom. The standard InChI is InChI=1S/C9H15BrO/c1-4-5-9(2,3)6-8(11)7-10/h4H,1,5-7H2,2-3H3. The van der Waals surface area contributed by atoms with E-state index in [0.717, 1.165) is 6.42 Å². The minimum absolute atomic E-state index is 0.0760. The van der Waals surface area contributed by atoms with E-state index in [1.165, 1.54) is 0 Å². The second kappa shape index (κ2) is 4.70. The summed E-state index contributed by atoms with van der Waals surface area (Å²) >= 11 is 3.14. The van der Waals surface area contributed by atoms with Crippen molar-refractivity contribution in [2.45, 2.75) is 26.7 Å². The van der Waals surface area contributed by atoms with Gasteiger partial charge in [0.25, 0.3) is 0 Å². The highest BCUT2D eigenvalue weighted by Gasteiger charge is 2.19. The third kappa shape index (κ3) is 5.19. The summed E-state index contributed by atoms with van der Waals surface area (Å²) in [5.74, 6) is 0.261. The molecule has 0 unspecified atom stereocenters. The Balaban J connectivity index is 3.89. The summed E-state index contributed by atoms with van der Waals surface area (Å²) in [7, 11) is 0. The first-order valence-corrected chi connectivity index (χ1v) is 4.82. The van der Waals surface area contributed by atoms with E-state index in [0.29, 0.717) is 11.8 Å². The van der Waals surface area contributed by atoms with Crippen molar-refractivity contribution in [2.24, 2.45) is 5.41 Å². The van der Waals surface area contributed by atoms with Crippen molar-refractivity contribution < 1.29 is 4.79 Å². The lowest BCUT2D eigenvalue weighted by Crippen LogP contribution is -2.16. The Bertz CT molecular complexity index is 150. The number of rotatable bonds is 5. The lowest BCUT2D eigenvalue weighted by molar-refractivity contribution is -0.118. The summed E-state index contributed by atoms with van der Waals surface area (Å²) in [4.78, 5) is 11.0. The van der Waals surface area contributed by atoms with E-state index in [1.807, 2.05) is 6.08 Å². The predicted octanol–water partition coefficient (Wildman–Crippen LogP) is 2.94. The molecule has 0 N–H and O–H groups in total. The van der Waals surface area contributed by atoms with Crippen LogP contribution >= 0.6 is 15.9 Å². The van der Waals surface area contributed by atoms with Crippen LogP contribution < -0.4 is 0 Å². The van der Waals surface area contributed by atoms with Gasteiger partial charge in [0.15, 0.2) is 0 Å². The molecule has 0 fully saturated rings. The molecular weight excluding hydrogens is 204 g/mol. The summed E-state index contributed by atoms with van der Waals surface area (Å²) in [6, 6.07) is 0. The van der Waals surface area contributed by atoms with Gasteiger partial charge in [0, 0.05) is 6.42 Å². The van der Waals surface area contributed by atoms with Crippen LogP contribution in [0.3, 0.4) is 0 Å². The average molecular weight is 219 g/mol. The number of allylic oxidation sites excluding steroid dienone is 1. The van der Waals surface area contributed by atoms with Gasteiger partial charge in [0.2, 0.25) is 0 Å². The van der Waals surface area contributed by atoms with Crippen LogP contribution in [0, 0.1) is 5.41 Å². The monoisotopic (exact) mass is 218 g/mol. The number of carbonyl (C=O) groups is 1. The number of hydrogen-bond donors (Lipinski definition) is 0. The van der Waals surface area contributed by atoms with E-state index in [1.54, 1.807) is 0 Å². The van der Waals surface area contributed by atoms with Crippen LogP contribution in [0.15, 0.2) is 12.7 Å². The highest BCUT2D eigenvalue weighted by atomic mass is 79.9. The Hall–Kier alpha value is -0.110. The first kappa shape index (κ1) is 10.9. The van der Waals surface area contributed by atoms with Gasteiger partial charge in [-0.25, -0.2) is 0 Å². The molecule has 0 aliphatic heterocycles. The highest BCUT2D eigenvalue weighted by molar-refractivity contribution is 9.09. The van der Waals surface area contributed by atoms with Crippen LogP contribution in [0.2, 0.25) is 0 Å². The van der Waals surface area contributed by atoms with Crippen molar-refractivity contribution in [2.75, 3.05) is 5.33 Å². The van der Waals surface area contributed by atoms with Crippen molar-refractivity contribution in [1.82, 2.24) is 0 Å². The maximum atomic E-state index is 11.0. The fraction of sp³-hybridized carbons (Fsp3) is 0.667. The molecule has 2 heteroatoms. The molecule has 0 amide bonds. The van der Waals surface area contributed by atoms with Gasteiger partial charge in [-0.05, 0) is 11.8 Å². The van der Waals surface area contributed by atoms with E-state index in [4.69, 9.17) is 0 Å². The molecule has 0 rings (SSSR count). The zero-order valence-electron chi connectivity index (χ0n) is 7.19. The van der Waals surface area contributed by atoms with E-state index in [9.17, 15) is 4.79 Å². The first-order chi connectivity index (χ1) is 5.02. The molecule has 0 aromatic rings. The zero-order valence-corrected chi connectivity index (χ0v) is 8.78. The van der Waals surface area contributed by atoms with E-state index >= 15 is 0 Å². The van der Waals surface area contributed by atoms with Crippen LogP contribution in [0.1, 0.15) is 26.7 Å². The van der Waals surface area contributed by atoms with Gasteiger partial charge in [0.05, 0.1) is 5.33 Å². The minimum atomic E-state index is 0.0760. The van der Waals surface area contributed by atoms with Gasteiger partial charge in [-0.15, -0.1) is 6.58 Å². The highest BCUT2D eigenvalue weighted by Crippen LogP contribution is 2.25. The molecule has 11 heavy (non-hydrogen) atoms. The van der Waals surface area contributed by atoms with Gasteiger partial charge in [-0.2, -0.15) is 0 Å². The second-order valence-corrected chi connectivity index (χ2v) is 4.07. The molecule has 1 nitrogen and oxygen atoms in total. The normalized spacial score (nSPS) is 11.2. The molecule has 0 heterocycles. The van der Waals surface area contributed by atoms with Gasteiger partial charge in [-0.3, -0.25) is 4.79 Å². The van der Waals surface area contributed by atoms with Crippen LogP contribution in [-0.2, 0) is 4.79 Å². The van der Waals surface area contributed by atoms with E-state index in [2.05, 4.69) is 36.4 Å². The Kier molecular flexibility index (Phi) is 4.66. The number of carbonyl (C=O) groups excluding carboxylic acids is 1. The van der Waals surface area contributed by atoms with Crippen LogP contribution in [0.25, 0.3) is 0 Å². The Labute approximate surface area is 77.0 Å². The summed E-state index contributed by atoms with van der Waals surface area (Å²) in [5.41, 5.74) is 0.0760. The maximum Gasteiger partial charge on any atom is 0.143 e. The molecule has 0 bridgehead atoms. The van der Waals surface area contributed by atoms with E-state index < -0.39 is 0 Å². The molecular formula is C9H15BrO. The molecule has 0 radical (unpaired) electrons. The number of halogens is 1. The third-order valence-corrected chi connectivity index (χ3v) is 2.15. The fourth-order valence-corrected chi connectivity index (χ4v) is 1.24. The van der Waals surface area contributed by atoms with Gasteiger partial charge in [-0.1, -0.05) is 35.9 Å². The molecule has 64 valence electrons. The summed E-state index contributed by atoms with van der Waals surface area (Å²) in [6.45, 7) is 7.81. The molecule has 0 atom stereocenters. The van der Waals surface area contributed by atoms with Crippen LogP contribution in [-0.4, -0.2) is 11.1 Å². The molecule has 0 saturated heterocycles. The van der Waals surface area contributed by atoms with Crippen molar-refractivity contribution in [1.29, 1.82) is 0 Å². The lowest BCUT2D eigenvalue weighted by atomic mass is 9.84. The smallest absolute Gasteiger partial charge is 0.143 e. The molecule has 0 aromatic heterocycles. The number of alkyl halides is 1. The van der Waals surface area contributed by atoms with Crippen LogP contribution in [0.5, 0.6) is 0 Å². The fourth-order valence-electron chi connectivity index (χ4n) is 1.04. The SMILES string of the molecule is C=CCC(C)(C)CC(=O)CBr. The van der Waals surface area contributed by atoms with Crippen molar-refractivity contribution >= 4 is 21.7 Å². The van der Waals surface area contributed by atoms with Crippen molar-refractivity contribution in [3.63, 3.8) is 0 Å². The van der Waals surface area contributed by atoms with Crippen molar-refractivity contribution in [3.05, 3.63) is 12.7 Å². The predicted molar refractivity (Wildman–Crippen MR) is 52.0 cm³/mol. The van der Waals surface area contributed by atoms with Crippen molar-refractivity contribution in [3.8, 4) is 0 Å². The number of ketones is 1. The molecule has 0 aliphatic carbocycles. The molecule has 0 spiro atoms. The van der Waals surface area contributed by atoms with Gasteiger partial charge in [0.1, 0.15) is 5.78 Å². The lowest BCUT2D eigenvalue weighted by Gasteiger charge is -2.20. The topological polar surface area (TPSA) is 17.1 Å². The number of hydrogen-bond acceptors (Lipinski definition) is 1. The number of Topliss-reactive ketones (excluding diaryl/α,β-unsaturated/α-hetero) is 1. The molecule has 0 aromatic carbocycles.